The van der Waals surface area contributed by atoms with Crippen molar-refractivity contribution in [2.75, 3.05) is 11.9 Å². The summed E-state index contributed by atoms with van der Waals surface area (Å²) >= 11 is 0. The SMILES string of the molecule is O=C(C[NH+](Cc1ccco1)Cc1ccco1)Nc1ccccc1F. The van der Waals surface area contributed by atoms with Crippen molar-refractivity contribution in [3.8, 4) is 0 Å². The van der Waals surface area contributed by atoms with Crippen LogP contribution in [0.5, 0.6) is 0 Å². The summed E-state index contributed by atoms with van der Waals surface area (Å²) in [5.74, 6) is 0.822. The predicted octanol–water partition coefficient (Wildman–Crippen LogP) is 2.24. The number of carbonyl (C=O) groups is 1. The zero-order valence-electron chi connectivity index (χ0n) is 13.0. The molecule has 3 aromatic rings. The van der Waals surface area contributed by atoms with Gasteiger partial charge in [0.25, 0.3) is 5.91 Å². The molecule has 0 saturated carbocycles. The normalized spacial score (nSPS) is 10.9. The van der Waals surface area contributed by atoms with Crippen LogP contribution in [-0.2, 0) is 17.9 Å². The number of carbonyl (C=O) groups excluding carboxylic acids is 1. The molecule has 0 radical (unpaired) electrons. The van der Waals surface area contributed by atoms with Crippen LogP contribution in [0.2, 0.25) is 0 Å². The standard InChI is InChI=1S/C18H17FN2O3/c19-16-7-1-2-8-17(16)20-18(22)13-21(11-14-5-3-9-23-14)12-15-6-4-10-24-15/h1-10H,11-13H2,(H,20,22)/p+1. The first-order chi connectivity index (χ1) is 11.7. The molecule has 0 aliphatic rings. The molecule has 1 aromatic carbocycles. The smallest absolute Gasteiger partial charge is 0.279 e. The number of para-hydroxylation sites is 1. The summed E-state index contributed by atoms with van der Waals surface area (Å²) in [5, 5.41) is 2.60. The molecule has 0 fully saturated rings. The highest BCUT2D eigenvalue weighted by Crippen LogP contribution is 2.11. The van der Waals surface area contributed by atoms with Crippen molar-refractivity contribution in [3.05, 3.63) is 78.4 Å². The summed E-state index contributed by atoms with van der Waals surface area (Å²) in [7, 11) is 0. The van der Waals surface area contributed by atoms with E-state index in [-0.39, 0.29) is 18.1 Å². The third-order valence-electron chi connectivity index (χ3n) is 3.57. The van der Waals surface area contributed by atoms with Crippen LogP contribution in [0.25, 0.3) is 0 Å². The number of rotatable bonds is 7. The molecule has 3 rings (SSSR count). The monoisotopic (exact) mass is 329 g/mol. The molecular weight excluding hydrogens is 311 g/mol. The molecule has 0 aliphatic heterocycles. The number of halogens is 1. The zero-order valence-corrected chi connectivity index (χ0v) is 13.0. The van der Waals surface area contributed by atoms with Gasteiger partial charge >= 0.3 is 0 Å². The molecule has 0 spiro atoms. The lowest BCUT2D eigenvalue weighted by molar-refractivity contribution is -0.921. The van der Waals surface area contributed by atoms with Crippen LogP contribution in [0.15, 0.2) is 69.9 Å². The van der Waals surface area contributed by atoms with E-state index in [0.717, 1.165) is 16.4 Å². The Labute approximate surface area is 138 Å². The minimum atomic E-state index is -0.454. The van der Waals surface area contributed by atoms with Crippen LogP contribution in [0.4, 0.5) is 10.1 Å². The molecule has 0 saturated heterocycles. The third-order valence-corrected chi connectivity index (χ3v) is 3.57. The minimum Gasteiger partial charge on any atom is -0.463 e. The van der Waals surface area contributed by atoms with Gasteiger partial charge in [0.2, 0.25) is 0 Å². The van der Waals surface area contributed by atoms with Gasteiger partial charge in [-0.25, -0.2) is 4.39 Å². The number of hydrogen-bond acceptors (Lipinski definition) is 3. The summed E-state index contributed by atoms with van der Waals surface area (Å²) in [4.78, 5) is 13.2. The van der Waals surface area contributed by atoms with E-state index >= 15 is 0 Å². The summed E-state index contributed by atoms with van der Waals surface area (Å²) < 4.78 is 24.4. The highest BCUT2D eigenvalue weighted by Gasteiger charge is 2.19. The van der Waals surface area contributed by atoms with E-state index in [1.54, 1.807) is 36.8 Å². The molecule has 1 amide bonds. The fraction of sp³-hybridized carbons (Fsp3) is 0.167. The van der Waals surface area contributed by atoms with Crippen molar-refractivity contribution in [2.24, 2.45) is 0 Å². The summed E-state index contributed by atoms with van der Waals surface area (Å²) in [6, 6.07) is 13.4. The predicted molar refractivity (Wildman–Crippen MR) is 85.7 cm³/mol. The van der Waals surface area contributed by atoms with Gasteiger partial charge in [-0.1, -0.05) is 12.1 Å². The van der Waals surface area contributed by atoms with Crippen molar-refractivity contribution in [2.45, 2.75) is 13.1 Å². The van der Waals surface area contributed by atoms with Crippen LogP contribution in [0.1, 0.15) is 11.5 Å². The number of furan rings is 2. The molecule has 0 atom stereocenters. The average Bonchev–Trinajstić information content (AvgIpc) is 3.23. The number of nitrogens with one attached hydrogen (secondary N) is 2. The molecule has 0 aliphatic carbocycles. The maximum atomic E-state index is 13.6. The Morgan fingerprint density at radius 1 is 0.958 bits per heavy atom. The second kappa shape index (κ2) is 7.61. The summed E-state index contributed by atoms with van der Waals surface area (Å²) in [6.07, 6.45) is 3.19. The van der Waals surface area contributed by atoms with Crippen molar-refractivity contribution in [1.29, 1.82) is 0 Å². The number of quaternary nitrogens is 1. The summed E-state index contributed by atoms with van der Waals surface area (Å²) in [5.41, 5.74) is 0.179. The molecular formula is C18H18FN2O3+. The van der Waals surface area contributed by atoms with E-state index < -0.39 is 5.82 Å². The van der Waals surface area contributed by atoms with E-state index in [0.29, 0.717) is 13.1 Å². The lowest BCUT2D eigenvalue weighted by Gasteiger charge is -2.17. The van der Waals surface area contributed by atoms with Crippen LogP contribution < -0.4 is 10.2 Å². The van der Waals surface area contributed by atoms with E-state index in [1.807, 2.05) is 12.1 Å². The van der Waals surface area contributed by atoms with Gasteiger partial charge in [0, 0.05) is 0 Å². The van der Waals surface area contributed by atoms with E-state index in [4.69, 9.17) is 8.83 Å². The maximum Gasteiger partial charge on any atom is 0.279 e. The van der Waals surface area contributed by atoms with E-state index in [2.05, 4.69) is 5.32 Å². The first-order valence-electron chi connectivity index (χ1n) is 7.63. The second-order valence-corrected chi connectivity index (χ2v) is 5.47. The van der Waals surface area contributed by atoms with Crippen LogP contribution in [-0.4, -0.2) is 12.5 Å². The van der Waals surface area contributed by atoms with Crippen LogP contribution in [0.3, 0.4) is 0 Å². The molecule has 2 aromatic heterocycles. The highest BCUT2D eigenvalue weighted by molar-refractivity contribution is 5.91. The van der Waals surface area contributed by atoms with Crippen LogP contribution >= 0.6 is 0 Å². The molecule has 5 nitrogen and oxygen atoms in total. The largest absolute Gasteiger partial charge is 0.463 e. The number of amides is 1. The van der Waals surface area contributed by atoms with E-state index in [1.165, 1.54) is 12.1 Å². The quantitative estimate of drug-likeness (QED) is 0.699. The number of hydrogen-bond donors (Lipinski definition) is 2. The zero-order chi connectivity index (χ0) is 16.8. The van der Waals surface area contributed by atoms with Gasteiger partial charge in [0.15, 0.2) is 18.1 Å². The Kier molecular flexibility index (Phi) is 5.08. The average molecular weight is 329 g/mol. The minimum absolute atomic E-state index is 0.162. The Balaban J connectivity index is 1.66. The van der Waals surface area contributed by atoms with Crippen molar-refractivity contribution >= 4 is 11.6 Å². The lowest BCUT2D eigenvalue weighted by atomic mass is 10.3. The summed E-state index contributed by atoms with van der Waals surface area (Å²) in [6.45, 7) is 1.21. The van der Waals surface area contributed by atoms with E-state index in [9.17, 15) is 9.18 Å². The maximum absolute atomic E-state index is 13.6. The number of benzene rings is 1. The van der Waals surface area contributed by atoms with Gasteiger partial charge < -0.3 is 19.1 Å². The topological polar surface area (TPSA) is 59.8 Å². The molecule has 24 heavy (non-hydrogen) atoms. The van der Waals surface area contributed by atoms with Gasteiger partial charge in [-0.05, 0) is 36.4 Å². The van der Waals surface area contributed by atoms with Gasteiger partial charge in [-0.15, -0.1) is 0 Å². The second-order valence-electron chi connectivity index (χ2n) is 5.47. The van der Waals surface area contributed by atoms with Crippen molar-refractivity contribution in [1.82, 2.24) is 0 Å². The first kappa shape index (κ1) is 16.0. The first-order valence-corrected chi connectivity index (χ1v) is 7.63. The van der Waals surface area contributed by atoms with Gasteiger partial charge in [0.1, 0.15) is 18.9 Å². The Hall–Kier alpha value is -2.86. The molecule has 124 valence electrons. The van der Waals surface area contributed by atoms with Gasteiger partial charge in [0.05, 0.1) is 18.2 Å². The Morgan fingerprint density at radius 3 is 2.12 bits per heavy atom. The van der Waals surface area contributed by atoms with Gasteiger partial charge in [-0.3, -0.25) is 4.79 Å². The Morgan fingerprint density at radius 2 is 1.58 bits per heavy atom. The number of anilines is 1. The van der Waals surface area contributed by atoms with Crippen LogP contribution in [0, 0.1) is 5.82 Å². The molecule has 2 heterocycles. The van der Waals surface area contributed by atoms with Crippen molar-refractivity contribution in [3.63, 3.8) is 0 Å². The lowest BCUT2D eigenvalue weighted by Crippen LogP contribution is -3.10. The molecule has 0 unspecified atom stereocenters. The highest BCUT2D eigenvalue weighted by atomic mass is 19.1. The Bertz CT molecular complexity index is 733. The molecule has 2 N–H and O–H groups in total. The molecule has 0 bridgehead atoms. The van der Waals surface area contributed by atoms with Crippen molar-refractivity contribution < 1.29 is 22.9 Å². The fourth-order valence-corrected chi connectivity index (χ4v) is 2.49. The third kappa shape index (κ3) is 4.33. The van der Waals surface area contributed by atoms with Gasteiger partial charge in [-0.2, -0.15) is 0 Å². The fourth-order valence-electron chi connectivity index (χ4n) is 2.49. The molecule has 6 heteroatoms.